The average molecular weight is 460 g/mol. The number of aryl methyl sites for hydroxylation is 1. The Kier molecular flexibility index (Phi) is 6.21. The van der Waals surface area contributed by atoms with Crippen LogP contribution in [0.1, 0.15) is 35.4 Å². The summed E-state index contributed by atoms with van der Waals surface area (Å²) in [4.78, 5) is 31.6. The van der Waals surface area contributed by atoms with Crippen LogP contribution in [0.5, 0.6) is 0 Å². The van der Waals surface area contributed by atoms with Crippen LogP contribution in [0.3, 0.4) is 0 Å². The van der Waals surface area contributed by atoms with Gasteiger partial charge in [-0.15, -0.1) is 11.3 Å². The number of furan rings is 1. The molecule has 2 aromatic carbocycles. The maximum atomic E-state index is 12.9. The highest BCUT2D eigenvalue weighted by molar-refractivity contribution is 7.21. The molecule has 2 aromatic heterocycles. The van der Waals surface area contributed by atoms with Crippen molar-refractivity contribution in [2.75, 3.05) is 13.1 Å². The van der Waals surface area contributed by atoms with Crippen molar-refractivity contribution in [1.82, 2.24) is 15.2 Å². The van der Waals surface area contributed by atoms with Crippen LogP contribution in [0.2, 0.25) is 0 Å². The van der Waals surface area contributed by atoms with Crippen LogP contribution >= 0.6 is 11.3 Å². The fourth-order valence-electron chi connectivity index (χ4n) is 4.13. The fraction of sp³-hybridized carbons (Fsp3) is 0.269. The Morgan fingerprint density at radius 3 is 2.55 bits per heavy atom. The molecule has 0 spiro atoms. The number of likely N-dealkylation sites (tertiary alicyclic amines) is 1. The van der Waals surface area contributed by atoms with Gasteiger partial charge in [-0.05, 0) is 49.1 Å². The van der Waals surface area contributed by atoms with Crippen molar-refractivity contribution in [1.29, 1.82) is 0 Å². The van der Waals surface area contributed by atoms with E-state index in [1.165, 1.54) is 0 Å². The Labute approximate surface area is 196 Å². The van der Waals surface area contributed by atoms with E-state index < -0.39 is 0 Å². The van der Waals surface area contributed by atoms with E-state index in [-0.39, 0.29) is 17.9 Å². The van der Waals surface area contributed by atoms with Gasteiger partial charge in [0, 0.05) is 25.6 Å². The summed E-state index contributed by atoms with van der Waals surface area (Å²) in [7, 11) is 0. The van der Waals surface area contributed by atoms with Gasteiger partial charge in [0.1, 0.15) is 0 Å². The molecule has 0 aliphatic carbocycles. The van der Waals surface area contributed by atoms with Crippen molar-refractivity contribution in [3.05, 3.63) is 78.1 Å². The number of rotatable bonds is 6. The number of carbonyl (C=O) groups excluding carboxylic acids is 2. The molecule has 0 unspecified atom stereocenters. The molecule has 1 saturated heterocycles. The van der Waals surface area contributed by atoms with Gasteiger partial charge < -0.3 is 14.6 Å². The van der Waals surface area contributed by atoms with Crippen LogP contribution in [0.25, 0.3) is 21.0 Å². The van der Waals surface area contributed by atoms with Gasteiger partial charge in [0.25, 0.3) is 5.91 Å². The lowest BCUT2D eigenvalue weighted by molar-refractivity contribution is -0.122. The number of nitrogens with zero attached hydrogens (tertiary/aromatic N) is 2. The number of para-hydroxylation sites is 1. The zero-order valence-electron chi connectivity index (χ0n) is 18.2. The van der Waals surface area contributed by atoms with Gasteiger partial charge in [0.05, 0.1) is 10.2 Å². The lowest BCUT2D eigenvalue weighted by Gasteiger charge is -2.31. The molecule has 5 rings (SSSR count). The normalized spacial score (nSPS) is 14.5. The van der Waals surface area contributed by atoms with Gasteiger partial charge in [-0.3, -0.25) is 9.59 Å². The Balaban J connectivity index is 1.13. The molecule has 0 atom stereocenters. The Morgan fingerprint density at radius 1 is 1.00 bits per heavy atom. The molecule has 1 aliphatic rings. The predicted molar refractivity (Wildman–Crippen MR) is 129 cm³/mol. The first-order valence-electron chi connectivity index (χ1n) is 11.2. The SMILES string of the molecule is O=C(CCc1ccccc1)NC1CCN(C(=O)c2ccc(-c3nc4ccccc4s3)o2)CC1. The van der Waals surface area contributed by atoms with Crippen LogP contribution in [0, 0.1) is 0 Å². The maximum absolute atomic E-state index is 12.9. The van der Waals surface area contributed by atoms with Crippen molar-refractivity contribution in [2.45, 2.75) is 31.7 Å². The highest BCUT2D eigenvalue weighted by Crippen LogP contribution is 2.31. The molecule has 1 N–H and O–H groups in total. The first-order chi connectivity index (χ1) is 16.2. The Bertz CT molecular complexity index is 1220. The quantitative estimate of drug-likeness (QED) is 0.445. The second-order valence-electron chi connectivity index (χ2n) is 8.27. The molecule has 1 aliphatic heterocycles. The molecule has 0 bridgehead atoms. The number of carbonyl (C=O) groups is 2. The molecule has 1 fully saturated rings. The van der Waals surface area contributed by atoms with E-state index in [0.717, 1.165) is 40.1 Å². The number of benzene rings is 2. The third kappa shape index (κ3) is 4.98. The highest BCUT2D eigenvalue weighted by Gasteiger charge is 2.26. The number of nitrogens with one attached hydrogen (secondary N) is 1. The van der Waals surface area contributed by atoms with E-state index in [0.29, 0.717) is 31.0 Å². The number of fused-ring (bicyclic) bond motifs is 1. The zero-order chi connectivity index (χ0) is 22.6. The largest absolute Gasteiger partial charge is 0.448 e. The summed E-state index contributed by atoms with van der Waals surface area (Å²) in [5.74, 6) is 0.890. The lowest BCUT2D eigenvalue weighted by atomic mass is 10.0. The van der Waals surface area contributed by atoms with Gasteiger partial charge in [-0.2, -0.15) is 0 Å². The van der Waals surface area contributed by atoms with E-state index >= 15 is 0 Å². The molecule has 0 radical (unpaired) electrons. The van der Waals surface area contributed by atoms with Gasteiger partial charge in [0.2, 0.25) is 5.91 Å². The monoisotopic (exact) mass is 459 g/mol. The minimum atomic E-state index is -0.115. The van der Waals surface area contributed by atoms with E-state index in [2.05, 4.69) is 10.3 Å². The van der Waals surface area contributed by atoms with Crippen molar-refractivity contribution >= 4 is 33.4 Å². The van der Waals surface area contributed by atoms with E-state index in [9.17, 15) is 9.59 Å². The third-order valence-corrected chi connectivity index (χ3v) is 7.00. The number of amides is 2. The summed E-state index contributed by atoms with van der Waals surface area (Å²) in [5, 5.41) is 3.89. The maximum Gasteiger partial charge on any atom is 0.289 e. The first kappa shape index (κ1) is 21.4. The van der Waals surface area contributed by atoms with E-state index in [1.54, 1.807) is 22.3 Å². The summed E-state index contributed by atoms with van der Waals surface area (Å²) >= 11 is 1.55. The second kappa shape index (κ2) is 9.58. The zero-order valence-corrected chi connectivity index (χ0v) is 19.0. The van der Waals surface area contributed by atoms with Gasteiger partial charge in [-0.25, -0.2) is 4.98 Å². The summed E-state index contributed by atoms with van der Waals surface area (Å²) in [6, 6.07) is 21.6. The second-order valence-corrected chi connectivity index (χ2v) is 9.30. The summed E-state index contributed by atoms with van der Waals surface area (Å²) in [6.45, 7) is 1.19. The number of thiazole rings is 1. The van der Waals surface area contributed by atoms with Crippen molar-refractivity contribution in [3.8, 4) is 10.8 Å². The summed E-state index contributed by atoms with van der Waals surface area (Å²) in [5.41, 5.74) is 2.09. The topological polar surface area (TPSA) is 75.4 Å². The summed E-state index contributed by atoms with van der Waals surface area (Å²) in [6.07, 6.45) is 2.70. The van der Waals surface area contributed by atoms with Gasteiger partial charge >= 0.3 is 0 Å². The van der Waals surface area contributed by atoms with Crippen LogP contribution in [-0.4, -0.2) is 40.8 Å². The first-order valence-corrected chi connectivity index (χ1v) is 12.1. The van der Waals surface area contributed by atoms with Crippen LogP contribution in [0.15, 0.2) is 71.1 Å². The fourth-order valence-corrected chi connectivity index (χ4v) is 5.06. The number of aromatic nitrogens is 1. The molecule has 7 heteroatoms. The van der Waals surface area contributed by atoms with Gasteiger partial charge in [-0.1, -0.05) is 42.5 Å². The number of hydrogen-bond donors (Lipinski definition) is 1. The molecule has 3 heterocycles. The smallest absolute Gasteiger partial charge is 0.289 e. The lowest BCUT2D eigenvalue weighted by Crippen LogP contribution is -2.46. The minimum Gasteiger partial charge on any atom is -0.448 e. The highest BCUT2D eigenvalue weighted by atomic mass is 32.1. The predicted octanol–water partition coefficient (Wildman–Crippen LogP) is 4.91. The van der Waals surface area contributed by atoms with Crippen LogP contribution < -0.4 is 5.32 Å². The van der Waals surface area contributed by atoms with Gasteiger partial charge in [0.15, 0.2) is 16.5 Å². The van der Waals surface area contributed by atoms with Crippen molar-refractivity contribution in [2.24, 2.45) is 0 Å². The van der Waals surface area contributed by atoms with E-state index in [4.69, 9.17) is 4.42 Å². The average Bonchev–Trinajstić information content (AvgIpc) is 3.51. The Morgan fingerprint density at radius 2 is 1.76 bits per heavy atom. The minimum absolute atomic E-state index is 0.0649. The molecule has 0 saturated carbocycles. The molecule has 2 amide bonds. The molecule has 6 nitrogen and oxygen atoms in total. The van der Waals surface area contributed by atoms with Crippen LogP contribution in [0.4, 0.5) is 0 Å². The Hall–Kier alpha value is -3.45. The molecule has 168 valence electrons. The standard InChI is InChI=1S/C26H25N3O3S/c30-24(13-10-18-6-2-1-3-7-18)27-19-14-16-29(17-15-19)26(31)22-12-11-21(32-22)25-28-20-8-4-5-9-23(20)33-25/h1-9,11-12,19H,10,13-17H2,(H,27,30). The van der Waals surface area contributed by atoms with Crippen molar-refractivity contribution in [3.63, 3.8) is 0 Å². The molecular weight excluding hydrogens is 434 g/mol. The molecular formula is C26H25N3O3S. The third-order valence-electron chi connectivity index (χ3n) is 5.95. The number of piperidine rings is 1. The molecule has 4 aromatic rings. The summed E-state index contributed by atoms with van der Waals surface area (Å²) < 4.78 is 6.95. The van der Waals surface area contributed by atoms with Crippen molar-refractivity contribution < 1.29 is 14.0 Å². The molecule has 33 heavy (non-hydrogen) atoms. The van der Waals surface area contributed by atoms with Crippen LogP contribution in [-0.2, 0) is 11.2 Å². The van der Waals surface area contributed by atoms with E-state index in [1.807, 2.05) is 60.7 Å². The number of hydrogen-bond acceptors (Lipinski definition) is 5.